The first kappa shape index (κ1) is 16.3. The van der Waals surface area contributed by atoms with Gasteiger partial charge in [-0.2, -0.15) is 4.98 Å². The molecule has 1 aromatic heterocycles. The minimum atomic E-state index is -0.940. The Labute approximate surface area is 138 Å². The Morgan fingerprint density at radius 1 is 1.19 bits per heavy atom. The topological polar surface area (TPSA) is 34.2 Å². The molecule has 0 bridgehead atoms. The van der Waals surface area contributed by atoms with E-state index >= 15 is 0 Å². The number of hydrogen-bond acceptors (Lipinski definition) is 3. The van der Waals surface area contributed by atoms with Crippen LogP contribution in [0.25, 0.3) is 0 Å². The third-order valence-corrected chi connectivity index (χ3v) is 3.92. The summed E-state index contributed by atoms with van der Waals surface area (Å²) in [5.74, 6) is -2.13. The fourth-order valence-electron chi connectivity index (χ4n) is 1.50. The molecule has 1 aromatic carbocycles. The Morgan fingerprint density at radius 2 is 1.90 bits per heavy atom. The normalized spacial score (nSPS) is 10.6. The Balaban J connectivity index is 2.39. The van der Waals surface area contributed by atoms with Crippen molar-refractivity contribution in [3.05, 3.63) is 44.4 Å². The molecule has 0 aliphatic heterocycles. The van der Waals surface area contributed by atoms with Crippen molar-refractivity contribution in [3.8, 4) is 11.6 Å². The summed E-state index contributed by atoms with van der Waals surface area (Å²) in [4.78, 5) is 3.75. The number of aromatic nitrogens is 1. The van der Waals surface area contributed by atoms with Crippen LogP contribution in [0.4, 0.5) is 14.6 Å². The van der Waals surface area contributed by atoms with E-state index in [-0.39, 0.29) is 16.6 Å². The molecule has 0 unspecified atom stereocenters. The molecule has 0 spiro atoms. The number of hydrogen-bond donors (Lipinski definition) is 1. The number of ether oxygens (including phenoxy) is 1. The largest absolute Gasteiger partial charge is 0.435 e. The van der Waals surface area contributed by atoms with Crippen LogP contribution in [0.2, 0.25) is 10.0 Å². The van der Waals surface area contributed by atoms with Gasteiger partial charge in [-0.3, -0.25) is 0 Å². The van der Waals surface area contributed by atoms with E-state index in [1.807, 2.05) is 0 Å². The van der Waals surface area contributed by atoms with Gasteiger partial charge in [0.25, 0.3) is 5.88 Å². The second-order valence-corrected chi connectivity index (χ2v) is 5.60. The smallest absolute Gasteiger partial charge is 0.258 e. The van der Waals surface area contributed by atoms with Gasteiger partial charge in [0, 0.05) is 23.2 Å². The number of rotatable bonds is 4. The third-order valence-electron chi connectivity index (χ3n) is 2.42. The molecular formula is C13H9BrCl2F2N2O. The number of halogens is 5. The fourth-order valence-corrected chi connectivity index (χ4v) is 2.33. The Hall–Kier alpha value is -1.11. The molecule has 0 fully saturated rings. The van der Waals surface area contributed by atoms with Gasteiger partial charge in [-0.05, 0) is 28.9 Å². The SMILES string of the molecule is CCNc1nc(Oc2cc(Cl)c(Br)cc2Cl)c(F)cc1F. The standard InChI is InChI=1S/C13H9BrCl2F2N2O/c1-2-19-12-9(17)5-10(18)13(20-12)21-11-4-7(15)6(14)3-8(11)16/h3-5H,2H2,1H3,(H,19,20). The number of nitrogens with one attached hydrogen (secondary N) is 1. The van der Waals surface area contributed by atoms with Crippen molar-refractivity contribution in [1.29, 1.82) is 0 Å². The number of pyridine rings is 1. The zero-order valence-corrected chi connectivity index (χ0v) is 13.8. The Bertz CT molecular complexity index is 686. The van der Waals surface area contributed by atoms with E-state index in [0.717, 1.165) is 0 Å². The summed E-state index contributed by atoms with van der Waals surface area (Å²) in [6.07, 6.45) is 0. The molecule has 1 heterocycles. The molecule has 0 saturated carbocycles. The molecule has 0 aliphatic rings. The molecule has 0 saturated heterocycles. The molecular weight excluding hydrogens is 389 g/mol. The van der Waals surface area contributed by atoms with Gasteiger partial charge < -0.3 is 10.1 Å². The lowest BCUT2D eigenvalue weighted by Gasteiger charge is -2.11. The van der Waals surface area contributed by atoms with Gasteiger partial charge in [-0.15, -0.1) is 0 Å². The first-order valence-electron chi connectivity index (χ1n) is 5.84. The van der Waals surface area contributed by atoms with Crippen LogP contribution in [0.3, 0.4) is 0 Å². The lowest BCUT2D eigenvalue weighted by atomic mass is 10.3. The molecule has 0 aliphatic carbocycles. The van der Waals surface area contributed by atoms with Crippen molar-refractivity contribution in [3.63, 3.8) is 0 Å². The second-order valence-electron chi connectivity index (χ2n) is 3.93. The first-order valence-corrected chi connectivity index (χ1v) is 7.39. The molecule has 2 rings (SSSR count). The predicted molar refractivity (Wildman–Crippen MR) is 82.6 cm³/mol. The lowest BCUT2D eigenvalue weighted by Crippen LogP contribution is -2.04. The Morgan fingerprint density at radius 3 is 2.57 bits per heavy atom. The van der Waals surface area contributed by atoms with Crippen molar-refractivity contribution >= 4 is 44.9 Å². The second kappa shape index (κ2) is 6.77. The number of benzene rings is 1. The highest BCUT2D eigenvalue weighted by Crippen LogP contribution is 2.37. The van der Waals surface area contributed by atoms with E-state index in [4.69, 9.17) is 27.9 Å². The average molecular weight is 398 g/mol. The fraction of sp³-hybridized carbons (Fsp3) is 0.154. The van der Waals surface area contributed by atoms with E-state index in [1.54, 1.807) is 6.92 Å². The van der Waals surface area contributed by atoms with Crippen molar-refractivity contribution < 1.29 is 13.5 Å². The molecule has 2 aromatic rings. The van der Waals surface area contributed by atoms with E-state index in [0.29, 0.717) is 22.1 Å². The maximum Gasteiger partial charge on any atom is 0.258 e. The van der Waals surface area contributed by atoms with Crippen LogP contribution in [-0.2, 0) is 0 Å². The summed E-state index contributed by atoms with van der Waals surface area (Å²) < 4.78 is 33.1. The molecule has 0 radical (unpaired) electrons. The maximum absolute atomic E-state index is 13.7. The van der Waals surface area contributed by atoms with E-state index in [2.05, 4.69) is 26.2 Å². The van der Waals surface area contributed by atoms with Crippen LogP contribution in [0.1, 0.15) is 6.92 Å². The molecule has 8 heteroatoms. The monoisotopic (exact) mass is 396 g/mol. The minimum absolute atomic E-state index is 0.103. The van der Waals surface area contributed by atoms with Crippen LogP contribution >= 0.6 is 39.1 Å². The summed E-state index contributed by atoms with van der Waals surface area (Å²) in [6, 6.07) is 3.60. The van der Waals surface area contributed by atoms with Crippen molar-refractivity contribution in [2.24, 2.45) is 0 Å². The van der Waals surface area contributed by atoms with Gasteiger partial charge in [-0.25, -0.2) is 8.78 Å². The molecule has 21 heavy (non-hydrogen) atoms. The van der Waals surface area contributed by atoms with Crippen molar-refractivity contribution in [2.75, 3.05) is 11.9 Å². The van der Waals surface area contributed by atoms with Crippen LogP contribution in [0.15, 0.2) is 22.7 Å². The van der Waals surface area contributed by atoms with Crippen molar-refractivity contribution in [2.45, 2.75) is 6.92 Å². The maximum atomic E-state index is 13.7. The van der Waals surface area contributed by atoms with Gasteiger partial charge in [0.1, 0.15) is 5.75 Å². The van der Waals surface area contributed by atoms with E-state index in [1.165, 1.54) is 12.1 Å². The highest BCUT2D eigenvalue weighted by molar-refractivity contribution is 9.10. The lowest BCUT2D eigenvalue weighted by molar-refractivity contribution is 0.418. The van der Waals surface area contributed by atoms with Crippen LogP contribution in [-0.4, -0.2) is 11.5 Å². The average Bonchev–Trinajstić information content (AvgIpc) is 2.41. The van der Waals surface area contributed by atoms with Gasteiger partial charge in [-0.1, -0.05) is 23.2 Å². The predicted octanol–water partition coefficient (Wildman–Crippen LogP) is 5.65. The van der Waals surface area contributed by atoms with Gasteiger partial charge in [0.2, 0.25) is 0 Å². The summed E-state index contributed by atoms with van der Waals surface area (Å²) in [6.45, 7) is 2.19. The quantitative estimate of drug-likeness (QED) is 0.676. The van der Waals surface area contributed by atoms with Crippen LogP contribution < -0.4 is 10.1 Å². The first-order chi connectivity index (χ1) is 9.92. The van der Waals surface area contributed by atoms with Gasteiger partial charge in [0.15, 0.2) is 17.5 Å². The van der Waals surface area contributed by atoms with E-state index < -0.39 is 17.5 Å². The summed E-state index contributed by atoms with van der Waals surface area (Å²) >= 11 is 15.1. The molecule has 112 valence electrons. The highest BCUT2D eigenvalue weighted by atomic mass is 79.9. The zero-order chi connectivity index (χ0) is 15.6. The third kappa shape index (κ3) is 3.75. The molecule has 0 amide bonds. The van der Waals surface area contributed by atoms with Crippen molar-refractivity contribution in [1.82, 2.24) is 4.98 Å². The van der Waals surface area contributed by atoms with Crippen LogP contribution in [0.5, 0.6) is 11.6 Å². The minimum Gasteiger partial charge on any atom is -0.435 e. The van der Waals surface area contributed by atoms with Crippen LogP contribution in [0, 0.1) is 11.6 Å². The van der Waals surface area contributed by atoms with Gasteiger partial charge >= 0.3 is 0 Å². The number of nitrogens with zero attached hydrogens (tertiary/aromatic N) is 1. The molecule has 1 N–H and O–H groups in total. The molecule has 0 atom stereocenters. The highest BCUT2D eigenvalue weighted by Gasteiger charge is 2.15. The van der Waals surface area contributed by atoms with Gasteiger partial charge in [0.05, 0.1) is 10.0 Å². The number of anilines is 1. The summed E-state index contributed by atoms with van der Waals surface area (Å²) in [5.41, 5.74) is 0. The van der Waals surface area contributed by atoms with E-state index in [9.17, 15) is 8.78 Å². The zero-order valence-electron chi connectivity index (χ0n) is 10.7. The molecule has 3 nitrogen and oxygen atoms in total. The summed E-state index contributed by atoms with van der Waals surface area (Å²) in [5, 5.41) is 3.21. The Kier molecular flexibility index (Phi) is 5.24. The summed E-state index contributed by atoms with van der Waals surface area (Å²) in [7, 11) is 0.